The summed E-state index contributed by atoms with van der Waals surface area (Å²) in [6, 6.07) is 0. The van der Waals surface area contributed by atoms with Gasteiger partial charge in [0, 0.05) is 32.2 Å². The van der Waals surface area contributed by atoms with Crippen molar-refractivity contribution in [1.82, 2.24) is 10.2 Å². The van der Waals surface area contributed by atoms with Crippen LogP contribution in [0.2, 0.25) is 0 Å². The van der Waals surface area contributed by atoms with Crippen LogP contribution in [0, 0.1) is 5.92 Å². The van der Waals surface area contributed by atoms with Crippen LogP contribution < -0.4 is 5.32 Å². The van der Waals surface area contributed by atoms with E-state index in [9.17, 15) is 9.59 Å². The van der Waals surface area contributed by atoms with Crippen LogP contribution >= 0.6 is 0 Å². The zero-order valence-corrected chi connectivity index (χ0v) is 10.0. The Labute approximate surface area is 101 Å². The molecule has 17 heavy (non-hydrogen) atoms. The number of nitrogens with zero attached hydrogens (tertiary/aromatic N) is 1. The Morgan fingerprint density at radius 1 is 1.41 bits per heavy atom. The number of piperidine rings is 1. The van der Waals surface area contributed by atoms with Crippen LogP contribution in [-0.4, -0.2) is 48.1 Å². The Morgan fingerprint density at radius 2 is 2.06 bits per heavy atom. The van der Waals surface area contributed by atoms with Gasteiger partial charge in [-0.3, -0.25) is 9.59 Å². The quantitative estimate of drug-likeness (QED) is 0.521. The van der Waals surface area contributed by atoms with E-state index < -0.39 is 0 Å². The van der Waals surface area contributed by atoms with Crippen molar-refractivity contribution in [3.05, 3.63) is 12.7 Å². The Balaban J connectivity index is 2.28. The maximum atomic E-state index is 11.7. The average molecular weight is 240 g/mol. The fourth-order valence-corrected chi connectivity index (χ4v) is 1.93. The molecule has 0 aromatic rings. The molecule has 1 aliphatic heterocycles. The number of rotatable bonds is 5. The topological polar surface area (TPSA) is 69.6 Å². The number of likely N-dealkylation sites (tertiary alicyclic amines) is 1. The van der Waals surface area contributed by atoms with Gasteiger partial charge >= 0.3 is 0 Å². The summed E-state index contributed by atoms with van der Waals surface area (Å²) in [5.74, 6) is -0.0455. The highest BCUT2D eigenvalue weighted by atomic mass is 16.3. The van der Waals surface area contributed by atoms with Crippen LogP contribution in [0.25, 0.3) is 0 Å². The number of aliphatic hydroxyl groups is 1. The van der Waals surface area contributed by atoms with Crippen molar-refractivity contribution in [1.29, 1.82) is 0 Å². The van der Waals surface area contributed by atoms with Crippen LogP contribution in [-0.2, 0) is 9.59 Å². The highest BCUT2D eigenvalue weighted by Gasteiger charge is 2.25. The van der Waals surface area contributed by atoms with Gasteiger partial charge in [0.05, 0.1) is 0 Å². The predicted octanol–water partition coefficient (Wildman–Crippen LogP) is -0.0904. The molecule has 5 nitrogen and oxygen atoms in total. The van der Waals surface area contributed by atoms with E-state index in [4.69, 9.17) is 5.11 Å². The van der Waals surface area contributed by atoms with Crippen molar-refractivity contribution >= 4 is 11.8 Å². The lowest BCUT2D eigenvalue weighted by Crippen LogP contribution is -2.42. The van der Waals surface area contributed by atoms with Crippen LogP contribution in [0.5, 0.6) is 0 Å². The van der Waals surface area contributed by atoms with Gasteiger partial charge in [-0.2, -0.15) is 0 Å². The smallest absolute Gasteiger partial charge is 0.245 e. The normalized spacial score (nSPS) is 16.6. The first-order chi connectivity index (χ1) is 8.19. The molecule has 5 heteroatoms. The fraction of sp³-hybridized carbons (Fsp3) is 0.667. The molecule has 0 spiro atoms. The Hall–Kier alpha value is -1.36. The Bertz CT molecular complexity index is 283. The summed E-state index contributed by atoms with van der Waals surface area (Å²) in [7, 11) is 0. The minimum Gasteiger partial charge on any atom is -0.396 e. The van der Waals surface area contributed by atoms with Crippen LogP contribution in [0.15, 0.2) is 12.7 Å². The molecular formula is C12H20N2O3. The molecule has 1 saturated heterocycles. The first-order valence-electron chi connectivity index (χ1n) is 5.99. The maximum Gasteiger partial charge on any atom is 0.245 e. The first kappa shape index (κ1) is 13.7. The highest BCUT2D eigenvalue weighted by molar-refractivity contribution is 5.87. The van der Waals surface area contributed by atoms with Gasteiger partial charge < -0.3 is 15.3 Å². The second kappa shape index (κ2) is 7.06. The second-order valence-electron chi connectivity index (χ2n) is 4.17. The number of amides is 2. The number of aliphatic hydroxyl groups excluding tert-OH is 1. The lowest BCUT2D eigenvalue weighted by Gasteiger charge is -2.30. The lowest BCUT2D eigenvalue weighted by molar-refractivity contribution is -0.132. The Morgan fingerprint density at radius 3 is 2.59 bits per heavy atom. The summed E-state index contributed by atoms with van der Waals surface area (Å²) in [6.45, 7) is 5.28. The SMILES string of the molecule is C=CC(=O)N1CCC(C(=O)NCCCO)CC1. The van der Waals surface area contributed by atoms with Crippen LogP contribution in [0.4, 0.5) is 0 Å². The number of nitrogens with one attached hydrogen (secondary N) is 1. The zero-order chi connectivity index (χ0) is 12.7. The molecule has 0 aliphatic carbocycles. The highest BCUT2D eigenvalue weighted by Crippen LogP contribution is 2.17. The van der Waals surface area contributed by atoms with Crippen LogP contribution in [0.1, 0.15) is 19.3 Å². The van der Waals surface area contributed by atoms with Gasteiger partial charge in [0.1, 0.15) is 0 Å². The minimum absolute atomic E-state index is 0.0115. The summed E-state index contributed by atoms with van der Waals surface area (Å²) >= 11 is 0. The van der Waals surface area contributed by atoms with E-state index in [1.165, 1.54) is 6.08 Å². The number of carbonyl (C=O) groups excluding carboxylic acids is 2. The van der Waals surface area contributed by atoms with Gasteiger partial charge in [0.15, 0.2) is 0 Å². The van der Waals surface area contributed by atoms with Gasteiger partial charge in [0.25, 0.3) is 0 Å². The van der Waals surface area contributed by atoms with E-state index in [1.54, 1.807) is 4.90 Å². The van der Waals surface area contributed by atoms with E-state index in [2.05, 4.69) is 11.9 Å². The molecule has 96 valence electrons. The molecule has 1 rings (SSSR count). The van der Waals surface area contributed by atoms with Crippen molar-refractivity contribution in [2.75, 3.05) is 26.2 Å². The van der Waals surface area contributed by atoms with Crippen LogP contribution in [0.3, 0.4) is 0 Å². The molecule has 0 radical (unpaired) electrons. The standard InChI is InChI=1S/C12H20N2O3/c1-2-11(16)14-7-4-10(5-8-14)12(17)13-6-3-9-15/h2,10,15H,1,3-9H2,(H,13,17). The zero-order valence-electron chi connectivity index (χ0n) is 10.0. The van der Waals surface area contributed by atoms with Gasteiger partial charge in [0.2, 0.25) is 11.8 Å². The Kier molecular flexibility index (Phi) is 5.69. The monoisotopic (exact) mass is 240 g/mol. The third kappa shape index (κ3) is 4.19. The number of carbonyl (C=O) groups is 2. The average Bonchev–Trinajstić information content (AvgIpc) is 2.38. The summed E-state index contributed by atoms with van der Waals surface area (Å²) < 4.78 is 0. The molecule has 0 aromatic heterocycles. The van der Waals surface area contributed by atoms with Crippen molar-refractivity contribution < 1.29 is 14.7 Å². The first-order valence-corrected chi connectivity index (χ1v) is 5.99. The molecule has 2 N–H and O–H groups in total. The van der Waals surface area contributed by atoms with E-state index >= 15 is 0 Å². The van der Waals surface area contributed by atoms with Gasteiger partial charge in [-0.05, 0) is 25.3 Å². The fourth-order valence-electron chi connectivity index (χ4n) is 1.93. The van der Waals surface area contributed by atoms with Crippen molar-refractivity contribution in [3.8, 4) is 0 Å². The third-order valence-electron chi connectivity index (χ3n) is 2.99. The predicted molar refractivity (Wildman–Crippen MR) is 64.2 cm³/mol. The molecule has 0 atom stereocenters. The minimum atomic E-state index is -0.0656. The van der Waals surface area contributed by atoms with Crippen molar-refractivity contribution in [2.24, 2.45) is 5.92 Å². The molecule has 1 fully saturated rings. The van der Waals surface area contributed by atoms with E-state index in [0.29, 0.717) is 38.9 Å². The summed E-state index contributed by atoms with van der Waals surface area (Å²) in [4.78, 5) is 24.7. The largest absolute Gasteiger partial charge is 0.396 e. The van der Waals surface area contributed by atoms with Gasteiger partial charge in [-0.25, -0.2) is 0 Å². The molecule has 0 bridgehead atoms. The molecule has 0 saturated carbocycles. The van der Waals surface area contributed by atoms with E-state index in [1.807, 2.05) is 0 Å². The van der Waals surface area contributed by atoms with Crippen molar-refractivity contribution in [3.63, 3.8) is 0 Å². The van der Waals surface area contributed by atoms with Gasteiger partial charge in [-0.1, -0.05) is 6.58 Å². The summed E-state index contributed by atoms with van der Waals surface area (Å²) in [5.41, 5.74) is 0. The third-order valence-corrected chi connectivity index (χ3v) is 2.99. The van der Waals surface area contributed by atoms with E-state index in [-0.39, 0.29) is 24.3 Å². The number of hydrogen-bond acceptors (Lipinski definition) is 3. The van der Waals surface area contributed by atoms with Gasteiger partial charge in [-0.15, -0.1) is 0 Å². The summed E-state index contributed by atoms with van der Waals surface area (Å²) in [6.07, 6.45) is 3.29. The molecule has 1 aliphatic rings. The molecule has 2 amide bonds. The number of hydrogen-bond donors (Lipinski definition) is 2. The van der Waals surface area contributed by atoms with E-state index in [0.717, 1.165) is 0 Å². The molecule has 0 aromatic carbocycles. The molecule has 0 unspecified atom stereocenters. The summed E-state index contributed by atoms with van der Waals surface area (Å²) in [5, 5.41) is 11.4. The molecular weight excluding hydrogens is 220 g/mol. The molecule has 1 heterocycles. The maximum absolute atomic E-state index is 11.7. The lowest BCUT2D eigenvalue weighted by atomic mass is 9.96. The van der Waals surface area contributed by atoms with Crippen molar-refractivity contribution in [2.45, 2.75) is 19.3 Å². The second-order valence-corrected chi connectivity index (χ2v) is 4.17.